The normalized spacial score (nSPS) is 32.4. The first-order valence-electron chi connectivity index (χ1n) is 37.3. The van der Waals surface area contributed by atoms with E-state index in [1.165, 1.54) is 155 Å². The SMILES string of the molecule is CCCCCCCCCCCCCCCCCCCCCCC[C@@H](O)C(=O)N[C@@H](CO[C@H]1O[C@H](CO)[C@H](O)[C@H](O)[C@H]1O[C@H]1O[C@H](CO[C@@H]2O[C@H](CO)[C@H](O)[C@H](O[C@@H]3O[C@@H](C)[C@H](O)[C@@H](O)[C@H]3O)[C@H]2NC(C)=O)[C@H](O)[C@H](O)[C@H]1O)[C@H](O)[C@H](O)CCCCCCCCCCCCCCC. The second kappa shape index (κ2) is 49.6. The fraction of sp³-hybridized carbons (Fsp3) is 0.971. The lowest BCUT2D eigenvalue weighted by atomic mass is 9.95. The number of carbonyl (C=O) groups excluding carboxylic acids is 2. The molecular weight excluding hydrogens is 1250 g/mol. The molecule has 0 aliphatic carbocycles. The third-order valence-corrected chi connectivity index (χ3v) is 19.6. The van der Waals surface area contributed by atoms with Crippen molar-refractivity contribution in [2.75, 3.05) is 26.4 Å². The predicted octanol–water partition coefficient (Wildman–Crippen LogP) is 4.10. The Bertz CT molecular complexity index is 1980. The maximum Gasteiger partial charge on any atom is 0.249 e. The fourth-order valence-electron chi connectivity index (χ4n) is 13.3. The smallest absolute Gasteiger partial charge is 0.249 e. The van der Waals surface area contributed by atoms with E-state index in [2.05, 4.69) is 24.5 Å². The van der Waals surface area contributed by atoms with Crippen LogP contribution in [0.1, 0.15) is 259 Å². The monoisotopic (exact) mass is 1380 g/mol. The summed E-state index contributed by atoms with van der Waals surface area (Å²) >= 11 is 0. The topological polar surface area (TPSA) is 415 Å². The van der Waals surface area contributed by atoms with E-state index in [1.54, 1.807) is 0 Å². The van der Waals surface area contributed by atoms with Crippen LogP contribution in [0.25, 0.3) is 0 Å². The van der Waals surface area contributed by atoms with Gasteiger partial charge in [-0.3, -0.25) is 9.59 Å². The highest BCUT2D eigenvalue weighted by atomic mass is 16.8. The zero-order chi connectivity index (χ0) is 70.4. The molecule has 4 aliphatic heterocycles. The van der Waals surface area contributed by atoms with Crippen LogP contribution >= 0.6 is 0 Å². The lowest BCUT2D eigenvalue weighted by Gasteiger charge is -2.48. The molecule has 4 saturated heterocycles. The van der Waals surface area contributed by atoms with Gasteiger partial charge < -0.3 is 120 Å². The Balaban J connectivity index is 1.37. The molecule has 4 fully saturated rings. The molecule has 96 heavy (non-hydrogen) atoms. The lowest BCUT2D eigenvalue weighted by Crippen LogP contribution is -2.68. The highest BCUT2D eigenvalue weighted by Crippen LogP contribution is 2.34. The van der Waals surface area contributed by atoms with Crippen molar-refractivity contribution in [1.82, 2.24) is 10.6 Å². The standard InChI is InChI=1S/C70H132N2O24/c1-5-7-9-11-13-15-17-19-20-21-22-23-24-25-26-28-30-32-34-36-38-40-49(77)66(88)72-47(55(79)48(76)39-37-35-33-31-29-27-18-16-14-12-10-8-6-2)43-89-70-65(61(85)56(80)50(41-73)93-70)96-69-63(87)60(84)57(81)52(94-69)44-90-67-53(71-46(4)75)64(58(82)51(42-74)92-67)95-68-62(86)59(83)54(78)45(3)91-68/h45,47-65,67-70,73-74,76-87H,5-44H2,1-4H3,(H,71,75)(H,72,88)/t45-,47-,48+,49+,50+,51+,52+,53+,54-,55-,56-,57-,58-,59+,60-,61-,62+,63+,64+,65+,67+,68-,69+,70-/m0/s1. The molecule has 26 heteroatoms. The van der Waals surface area contributed by atoms with E-state index in [0.717, 1.165) is 64.7 Å². The summed E-state index contributed by atoms with van der Waals surface area (Å²) in [6.07, 6.45) is 2.28. The molecule has 4 aliphatic rings. The van der Waals surface area contributed by atoms with Crippen molar-refractivity contribution in [2.24, 2.45) is 0 Å². The number of aliphatic hydroxyl groups is 14. The Labute approximate surface area is 571 Å². The lowest BCUT2D eigenvalue weighted by molar-refractivity contribution is -0.373. The number of aliphatic hydroxyl groups excluding tert-OH is 14. The molecule has 0 unspecified atom stereocenters. The van der Waals surface area contributed by atoms with E-state index in [9.17, 15) is 81.1 Å². The summed E-state index contributed by atoms with van der Waals surface area (Å²) < 4.78 is 47.2. The zero-order valence-corrected chi connectivity index (χ0v) is 58.5. The molecular formula is C70H132N2O24. The van der Waals surface area contributed by atoms with Crippen LogP contribution in [0, 0.1) is 0 Å². The van der Waals surface area contributed by atoms with Gasteiger partial charge in [0.2, 0.25) is 11.8 Å². The molecule has 0 aromatic carbocycles. The van der Waals surface area contributed by atoms with Crippen LogP contribution in [0.5, 0.6) is 0 Å². The number of carbonyl (C=O) groups is 2. The van der Waals surface area contributed by atoms with E-state index in [-0.39, 0.29) is 12.8 Å². The van der Waals surface area contributed by atoms with Crippen LogP contribution in [0.15, 0.2) is 0 Å². The number of hydrogen-bond donors (Lipinski definition) is 16. The Morgan fingerprint density at radius 1 is 0.417 bits per heavy atom. The second-order valence-electron chi connectivity index (χ2n) is 27.8. The third kappa shape index (κ3) is 30.6. The highest BCUT2D eigenvalue weighted by Gasteiger charge is 2.54. The van der Waals surface area contributed by atoms with Gasteiger partial charge in [-0.2, -0.15) is 0 Å². The van der Waals surface area contributed by atoms with Crippen LogP contribution in [0.2, 0.25) is 0 Å². The van der Waals surface area contributed by atoms with E-state index >= 15 is 0 Å². The van der Waals surface area contributed by atoms with E-state index < -0.39 is 185 Å². The quantitative estimate of drug-likeness (QED) is 0.0381. The largest absolute Gasteiger partial charge is 0.394 e. The van der Waals surface area contributed by atoms with Gasteiger partial charge in [-0.05, 0) is 19.8 Å². The third-order valence-electron chi connectivity index (χ3n) is 19.6. The molecule has 566 valence electrons. The van der Waals surface area contributed by atoms with Crippen LogP contribution in [-0.2, 0) is 47.5 Å². The summed E-state index contributed by atoms with van der Waals surface area (Å²) in [4.78, 5) is 26.4. The van der Waals surface area contributed by atoms with Crippen molar-refractivity contribution >= 4 is 11.8 Å². The minimum Gasteiger partial charge on any atom is -0.394 e. The molecule has 4 heterocycles. The molecule has 0 saturated carbocycles. The van der Waals surface area contributed by atoms with Gasteiger partial charge >= 0.3 is 0 Å². The molecule has 2 amide bonds. The minimum atomic E-state index is -2.10. The number of ether oxygens (including phenoxy) is 8. The number of rotatable bonds is 53. The van der Waals surface area contributed by atoms with Gasteiger partial charge in [-0.1, -0.05) is 232 Å². The van der Waals surface area contributed by atoms with Crippen molar-refractivity contribution in [3.63, 3.8) is 0 Å². The molecule has 26 nitrogen and oxygen atoms in total. The molecule has 0 bridgehead atoms. The summed E-state index contributed by atoms with van der Waals surface area (Å²) in [5, 5.41) is 159. The average molecular weight is 1390 g/mol. The Morgan fingerprint density at radius 2 is 0.802 bits per heavy atom. The number of nitrogens with one attached hydrogen (secondary N) is 2. The van der Waals surface area contributed by atoms with Crippen molar-refractivity contribution in [2.45, 2.75) is 406 Å². The predicted molar refractivity (Wildman–Crippen MR) is 355 cm³/mol. The molecule has 4 rings (SSSR count). The Hall–Kier alpha value is -1.94. The van der Waals surface area contributed by atoms with Gasteiger partial charge in [-0.25, -0.2) is 0 Å². The van der Waals surface area contributed by atoms with Crippen LogP contribution < -0.4 is 10.6 Å². The summed E-state index contributed by atoms with van der Waals surface area (Å²) in [7, 11) is 0. The second-order valence-corrected chi connectivity index (χ2v) is 27.8. The highest BCUT2D eigenvalue weighted by molar-refractivity contribution is 5.80. The Morgan fingerprint density at radius 3 is 1.26 bits per heavy atom. The molecule has 0 spiro atoms. The molecule has 0 aromatic heterocycles. The van der Waals surface area contributed by atoms with Crippen LogP contribution in [0.3, 0.4) is 0 Å². The maximum absolute atomic E-state index is 13.8. The van der Waals surface area contributed by atoms with Gasteiger partial charge in [0.15, 0.2) is 25.2 Å². The van der Waals surface area contributed by atoms with Crippen LogP contribution in [-0.4, -0.2) is 257 Å². The Kier molecular flexibility index (Phi) is 44.7. The summed E-state index contributed by atoms with van der Waals surface area (Å²) in [5.41, 5.74) is 0. The van der Waals surface area contributed by atoms with Crippen molar-refractivity contribution in [3.05, 3.63) is 0 Å². The van der Waals surface area contributed by atoms with E-state index in [1.807, 2.05) is 0 Å². The van der Waals surface area contributed by atoms with E-state index in [4.69, 9.17) is 37.9 Å². The summed E-state index contributed by atoms with van der Waals surface area (Å²) in [6.45, 7) is 3.80. The molecule has 0 radical (unpaired) electrons. The average Bonchev–Trinajstić information content (AvgIpc) is 0.790. The van der Waals surface area contributed by atoms with Crippen molar-refractivity contribution < 1.29 is 119 Å². The fourth-order valence-corrected chi connectivity index (χ4v) is 13.3. The summed E-state index contributed by atoms with van der Waals surface area (Å²) in [5.74, 6) is -1.55. The summed E-state index contributed by atoms with van der Waals surface area (Å²) in [6, 6.07) is -2.93. The van der Waals surface area contributed by atoms with Crippen LogP contribution in [0.4, 0.5) is 0 Å². The number of unbranched alkanes of at least 4 members (excludes halogenated alkanes) is 32. The molecule has 16 N–H and O–H groups in total. The van der Waals surface area contributed by atoms with Gasteiger partial charge in [0.25, 0.3) is 0 Å². The number of hydrogen-bond acceptors (Lipinski definition) is 24. The molecule has 24 atom stereocenters. The van der Waals surface area contributed by atoms with Gasteiger partial charge in [0.05, 0.1) is 44.7 Å². The minimum absolute atomic E-state index is 0.125. The first-order valence-corrected chi connectivity index (χ1v) is 37.3. The zero-order valence-electron chi connectivity index (χ0n) is 58.5. The van der Waals surface area contributed by atoms with Crippen molar-refractivity contribution in [3.8, 4) is 0 Å². The van der Waals surface area contributed by atoms with Gasteiger partial charge in [-0.15, -0.1) is 0 Å². The first-order chi connectivity index (χ1) is 46.2. The maximum atomic E-state index is 13.8. The molecule has 0 aromatic rings. The van der Waals surface area contributed by atoms with E-state index in [0.29, 0.717) is 12.8 Å². The van der Waals surface area contributed by atoms with Gasteiger partial charge in [0, 0.05) is 6.92 Å². The van der Waals surface area contributed by atoms with Gasteiger partial charge in [0.1, 0.15) is 104 Å². The number of amides is 2. The van der Waals surface area contributed by atoms with Crippen molar-refractivity contribution in [1.29, 1.82) is 0 Å². The first kappa shape index (κ1) is 86.5.